The third kappa shape index (κ3) is 5.79. The highest BCUT2D eigenvalue weighted by Gasteiger charge is 1.94. The SMILES string of the molecule is C=CC(N)CCOCCC. The number of nitrogens with two attached hydrogens (primary N) is 1. The maximum absolute atomic E-state index is 5.56. The third-order valence-corrected chi connectivity index (χ3v) is 1.25. The van der Waals surface area contributed by atoms with Gasteiger partial charge >= 0.3 is 0 Å². The van der Waals surface area contributed by atoms with Gasteiger partial charge in [0.2, 0.25) is 0 Å². The summed E-state index contributed by atoms with van der Waals surface area (Å²) in [6.45, 7) is 7.26. The normalized spacial score (nSPS) is 13.0. The Balaban J connectivity index is 2.95. The molecule has 0 rings (SSSR count). The molecule has 2 nitrogen and oxygen atoms in total. The summed E-state index contributed by atoms with van der Waals surface area (Å²) < 4.78 is 5.23. The highest BCUT2D eigenvalue weighted by Crippen LogP contribution is 1.90. The molecule has 0 aliphatic heterocycles. The lowest BCUT2D eigenvalue weighted by molar-refractivity contribution is 0.130. The summed E-state index contributed by atoms with van der Waals surface area (Å²) in [5.74, 6) is 0. The van der Waals surface area contributed by atoms with Gasteiger partial charge in [0.1, 0.15) is 0 Å². The Bertz CT molecular complexity index is 83.3. The summed E-state index contributed by atoms with van der Waals surface area (Å²) in [6, 6.07) is 0.0943. The lowest BCUT2D eigenvalue weighted by Crippen LogP contribution is -2.18. The first-order valence-corrected chi connectivity index (χ1v) is 3.77. The van der Waals surface area contributed by atoms with Crippen LogP contribution in [0.25, 0.3) is 0 Å². The van der Waals surface area contributed by atoms with Crippen molar-refractivity contribution < 1.29 is 4.74 Å². The van der Waals surface area contributed by atoms with Gasteiger partial charge in [-0.15, -0.1) is 6.58 Å². The molecule has 0 saturated heterocycles. The van der Waals surface area contributed by atoms with Crippen LogP contribution in [0.15, 0.2) is 12.7 Å². The van der Waals surface area contributed by atoms with Crippen molar-refractivity contribution in [2.75, 3.05) is 13.2 Å². The molecule has 0 fully saturated rings. The van der Waals surface area contributed by atoms with Gasteiger partial charge in [0.15, 0.2) is 0 Å². The molecule has 1 atom stereocenters. The second-order valence-electron chi connectivity index (χ2n) is 2.30. The predicted molar refractivity (Wildman–Crippen MR) is 43.9 cm³/mol. The van der Waals surface area contributed by atoms with Crippen molar-refractivity contribution in [1.82, 2.24) is 0 Å². The first-order chi connectivity index (χ1) is 4.81. The van der Waals surface area contributed by atoms with Crippen LogP contribution in [0.5, 0.6) is 0 Å². The van der Waals surface area contributed by atoms with Crippen LogP contribution in [0, 0.1) is 0 Å². The van der Waals surface area contributed by atoms with Crippen LogP contribution in [0.3, 0.4) is 0 Å². The lowest BCUT2D eigenvalue weighted by Gasteiger charge is -2.05. The van der Waals surface area contributed by atoms with Gasteiger partial charge in [0.25, 0.3) is 0 Å². The van der Waals surface area contributed by atoms with Crippen LogP contribution in [0.2, 0.25) is 0 Å². The van der Waals surface area contributed by atoms with Crippen LogP contribution < -0.4 is 5.73 Å². The van der Waals surface area contributed by atoms with E-state index >= 15 is 0 Å². The van der Waals surface area contributed by atoms with E-state index in [1.807, 2.05) is 0 Å². The molecular formula is C8H17NO. The van der Waals surface area contributed by atoms with Gasteiger partial charge in [-0.2, -0.15) is 0 Å². The molecule has 0 amide bonds. The van der Waals surface area contributed by atoms with Crippen LogP contribution in [0.1, 0.15) is 19.8 Å². The average molecular weight is 143 g/mol. The predicted octanol–water partition coefficient (Wildman–Crippen LogP) is 1.32. The van der Waals surface area contributed by atoms with Crippen molar-refractivity contribution in [2.24, 2.45) is 5.73 Å². The van der Waals surface area contributed by atoms with Gasteiger partial charge in [-0.1, -0.05) is 13.0 Å². The molecule has 0 bridgehead atoms. The highest BCUT2D eigenvalue weighted by molar-refractivity contribution is 4.81. The largest absolute Gasteiger partial charge is 0.381 e. The molecule has 0 aromatic rings. The molecule has 0 aromatic heterocycles. The summed E-state index contributed by atoms with van der Waals surface area (Å²) in [5, 5.41) is 0. The Kier molecular flexibility index (Phi) is 6.55. The summed E-state index contributed by atoms with van der Waals surface area (Å²) in [6.07, 6.45) is 3.70. The summed E-state index contributed by atoms with van der Waals surface area (Å²) >= 11 is 0. The van der Waals surface area contributed by atoms with E-state index in [1.165, 1.54) is 0 Å². The van der Waals surface area contributed by atoms with Crippen molar-refractivity contribution in [3.63, 3.8) is 0 Å². The third-order valence-electron chi connectivity index (χ3n) is 1.25. The molecule has 0 aliphatic rings. The quantitative estimate of drug-likeness (QED) is 0.449. The minimum Gasteiger partial charge on any atom is -0.381 e. The molecule has 2 N–H and O–H groups in total. The van der Waals surface area contributed by atoms with Crippen molar-refractivity contribution >= 4 is 0 Å². The van der Waals surface area contributed by atoms with Crippen LogP contribution >= 0.6 is 0 Å². The van der Waals surface area contributed by atoms with Crippen LogP contribution in [0.4, 0.5) is 0 Å². The molecule has 1 unspecified atom stereocenters. The zero-order valence-electron chi connectivity index (χ0n) is 6.68. The number of ether oxygens (including phenoxy) is 1. The van der Waals surface area contributed by atoms with E-state index in [9.17, 15) is 0 Å². The molecule has 0 heterocycles. The molecule has 2 heteroatoms. The standard InChI is InChI=1S/C8H17NO/c1-3-6-10-7-5-8(9)4-2/h4,8H,2-3,5-7,9H2,1H3. The molecule has 0 aliphatic carbocycles. The van der Waals surface area contributed by atoms with Gasteiger partial charge in [-0.05, 0) is 12.8 Å². The van der Waals surface area contributed by atoms with E-state index < -0.39 is 0 Å². The number of rotatable bonds is 6. The summed E-state index contributed by atoms with van der Waals surface area (Å²) in [5.41, 5.74) is 5.56. The van der Waals surface area contributed by atoms with E-state index in [2.05, 4.69) is 13.5 Å². The smallest absolute Gasteiger partial charge is 0.0483 e. The second kappa shape index (κ2) is 6.78. The molecule has 0 aromatic carbocycles. The number of hydrogen-bond donors (Lipinski definition) is 1. The van der Waals surface area contributed by atoms with Crippen molar-refractivity contribution in [2.45, 2.75) is 25.8 Å². The minimum atomic E-state index is 0.0943. The second-order valence-corrected chi connectivity index (χ2v) is 2.30. The monoisotopic (exact) mass is 143 g/mol. The Morgan fingerprint density at radius 2 is 2.30 bits per heavy atom. The lowest BCUT2D eigenvalue weighted by atomic mass is 10.2. The fourth-order valence-electron chi connectivity index (χ4n) is 0.584. The Labute approximate surface area is 63.1 Å². The van der Waals surface area contributed by atoms with Gasteiger partial charge in [-0.3, -0.25) is 0 Å². The van der Waals surface area contributed by atoms with Crippen molar-refractivity contribution in [3.8, 4) is 0 Å². The van der Waals surface area contributed by atoms with Gasteiger partial charge in [-0.25, -0.2) is 0 Å². The van der Waals surface area contributed by atoms with E-state index in [0.717, 1.165) is 26.1 Å². The summed E-state index contributed by atoms with van der Waals surface area (Å²) in [7, 11) is 0. The first-order valence-electron chi connectivity index (χ1n) is 3.77. The molecule has 0 spiro atoms. The van der Waals surface area contributed by atoms with E-state index in [1.54, 1.807) is 6.08 Å². The molecule has 10 heavy (non-hydrogen) atoms. The average Bonchev–Trinajstić information content (AvgIpc) is 1.98. The molecular weight excluding hydrogens is 126 g/mol. The Morgan fingerprint density at radius 3 is 2.80 bits per heavy atom. The Hall–Kier alpha value is -0.340. The number of hydrogen-bond acceptors (Lipinski definition) is 2. The minimum absolute atomic E-state index is 0.0943. The first kappa shape index (κ1) is 9.66. The Morgan fingerprint density at radius 1 is 1.60 bits per heavy atom. The maximum Gasteiger partial charge on any atom is 0.0483 e. The van der Waals surface area contributed by atoms with Crippen LogP contribution in [-0.2, 0) is 4.74 Å². The van der Waals surface area contributed by atoms with Gasteiger partial charge in [0, 0.05) is 19.3 Å². The highest BCUT2D eigenvalue weighted by atomic mass is 16.5. The van der Waals surface area contributed by atoms with Gasteiger partial charge in [0.05, 0.1) is 0 Å². The fraction of sp³-hybridized carbons (Fsp3) is 0.750. The van der Waals surface area contributed by atoms with Gasteiger partial charge < -0.3 is 10.5 Å². The van der Waals surface area contributed by atoms with E-state index in [4.69, 9.17) is 10.5 Å². The maximum atomic E-state index is 5.56. The molecule has 0 radical (unpaired) electrons. The van der Waals surface area contributed by atoms with Crippen LogP contribution in [-0.4, -0.2) is 19.3 Å². The van der Waals surface area contributed by atoms with Crippen molar-refractivity contribution in [1.29, 1.82) is 0 Å². The fourth-order valence-corrected chi connectivity index (χ4v) is 0.584. The zero-order chi connectivity index (χ0) is 7.82. The summed E-state index contributed by atoms with van der Waals surface area (Å²) in [4.78, 5) is 0. The topological polar surface area (TPSA) is 35.2 Å². The zero-order valence-corrected chi connectivity index (χ0v) is 6.68. The van der Waals surface area contributed by atoms with Crippen molar-refractivity contribution in [3.05, 3.63) is 12.7 Å². The molecule has 0 saturated carbocycles. The molecule has 60 valence electrons. The van der Waals surface area contributed by atoms with E-state index in [0.29, 0.717) is 0 Å². The van der Waals surface area contributed by atoms with E-state index in [-0.39, 0.29) is 6.04 Å².